The van der Waals surface area contributed by atoms with Crippen LogP contribution in [0.5, 0.6) is 11.5 Å². The van der Waals surface area contributed by atoms with Crippen molar-refractivity contribution >= 4 is 47.1 Å². The molecule has 0 spiro atoms. The minimum Gasteiger partial charge on any atom is -0.497 e. The molecule has 12 heteroatoms. The van der Waals surface area contributed by atoms with Crippen LogP contribution in [0.1, 0.15) is 16.7 Å². The number of aliphatic imine (C=N–C) groups is 2. The molecule has 192 valence electrons. The maximum atomic E-state index is 12.2. The third-order valence-electron chi connectivity index (χ3n) is 4.74. The molecule has 0 saturated heterocycles. The number of hydrogen-bond acceptors (Lipinski definition) is 5. The van der Waals surface area contributed by atoms with Crippen molar-refractivity contribution in [1.82, 2.24) is 5.43 Å². The van der Waals surface area contributed by atoms with E-state index in [-0.39, 0.29) is 11.6 Å². The molecule has 3 aromatic carbocycles. The average Bonchev–Trinajstić information content (AvgIpc) is 2.86. The van der Waals surface area contributed by atoms with Gasteiger partial charge in [-0.15, -0.1) is 13.2 Å². The van der Waals surface area contributed by atoms with E-state index >= 15 is 0 Å². The number of hydrogen-bond donors (Lipinski definition) is 3. The molecule has 0 aliphatic heterocycles. The SMILES string of the molecule is COc1ccc(NC(=S)NN=Cc2ccc(C(N)=NC=Nc3ccc(OC(F)(F)F)cc3)cc2)c(C)c1. The van der Waals surface area contributed by atoms with E-state index in [9.17, 15) is 13.2 Å². The number of alkyl halides is 3. The average molecular weight is 529 g/mol. The fourth-order valence-electron chi connectivity index (χ4n) is 2.93. The van der Waals surface area contributed by atoms with Gasteiger partial charge in [0, 0.05) is 11.3 Å². The lowest BCUT2D eigenvalue weighted by molar-refractivity contribution is -0.274. The van der Waals surface area contributed by atoms with Crippen LogP contribution in [-0.4, -0.2) is 37.0 Å². The summed E-state index contributed by atoms with van der Waals surface area (Å²) in [5.41, 5.74) is 12.4. The summed E-state index contributed by atoms with van der Waals surface area (Å²) in [6.45, 7) is 1.94. The number of anilines is 1. The number of nitrogens with two attached hydrogens (primary N) is 1. The number of ether oxygens (including phenoxy) is 2. The van der Waals surface area contributed by atoms with Gasteiger partial charge in [0.2, 0.25) is 0 Å². The number of hydrazone groups is 1. The summed E-state index contributed by atoms with van der Waals surface area (Å²) in [4.78, 5) is 8.10. The minimum atomic E-state index is -4.75. The van der Waals surface area contributed by atoms with Gasteiger partial charge in [-0.1, -0.05) is 24.3 Å². The molecule has 0 aromatic heterocycles. The van der Waals surface area contributed by atoms with E-state index < -0.39 is 6.36 Å². The van der Waals surface area contributed by atoms with E-state index in [1.807, 2.05) is 25.1 Å². The number of methoxy groups -OCH3 is 1. The number of nitrogens with zero attached hydrogens (tertiary/aromatic N) is 3. The summed E-state index contributed by atoms with van der Waals surface area (Å²) in [6.07, 6.45) is -1.94. The largest absolute Gasteiger partial charge is 0.573 e. The maximum absolute atomic E-state index is 12.2. The molecule has 0 aliphatic carbocycles. The normalized spacial score (nSPS) is 12.1. The Bertz CT molecular complexity index is 1310. The van der Waals surface area contributed by atoms with Crippen molar-refractivity contribution in [2.75, 3.05) is 12.4 Å². The van der Waals surface area contributed by atoms with Gasteiger partial charge in [-0.05, 0) is 72.7 Å². The highest BCUT2D eigenvalue weighted by atomic mass is 32.1. The first-order valence-corrected chi connectivity index (χ1v) is 11.1. The second-order valence-corrected chi connectivity index (χ2v) is 7.84. The van der Waals surface area contributed by atoms with Crippen molar-refractivity contribution in [2.24, 2.45) is 20.8 Å². The lowest BCUT2D eigenvalue weighted by Crippen LogP contribution is -2.24. The van der Waals surface area contributed by atoms with Gasteiger partial charge >= 0.3 is 6.36 Å². The summed E-state index contributed by atoms with van der Waals surface area (Å²) in [5.74, 6) is 0.635. The fraction of sp³-hybridized carbons (Fsp3) is 0.120. The van der Waals surface area contributed by atoms with Crippen LogP contribution in [0.3, 0.4) is 0 Å². The van der Waals surface area contributed by atoms with Crippen molar-refractivity contribution in [3.05, 3.63) is 83.4 Å². The monoisotopic (exact) mass is 528 g/mol. The van der Waals surface area contributed by atoms with Crippen LogP contribution < -0.4 is 25.9 Å². The molecule has 37 heavy (non-hydrogen) atoms. The molecule has 8 nitrogen and oxygen atoms in total. The second kappa shape index (κ2) is 12.5. The van der Waals surface area contributed by atoms with E-state index in [0.29, 0.717) is 16.4 Å². The van der Waals surface area contributed by atoms with E-state index in [0.717, 1.165) is 34.7 Å². The van der Waals surface area contributed by atoms with Gasteiger partial charge in [-0.2, -0.15) is 5.10 Å². The molecule has 0 unspecified atom stereocenters. The molecule has 0 aliphatic rings. The van der Waals surface area contributed by atoms with Gasteiger partial charge in [-0.3, -0.25) is 5.43 Å². The highest BCUT2D eigenvalue weighted by Crippen LogP contribution is 2.25. The Morgan fingerprint density at radius 3 is 2.30 bits per heavy atom. The number of aryl methyl sites for hydroxylation is 1. The second-order valence-electron chi connectivity index (χ2n) is 7.43. The van der Waals surface area contributed by atoms with E-state index in [1.54, 1.807) is 37.6 Å². The first-order valence-electron chi connectivity index (χ1n) is 10.7. The van der Waals surface area contributed by atoms with Crippen molar-refractivity contribution in [1.29, 1.82) is 0 Å². The molecule has 3 rings (SSSR count). The Morgan fingerprint density at radius 1 is 1.00 bits per heavy atom. The molecule has 0 heterocycles. The molecular weight excluding hydrogens is 505 g/mol. The first-order chi connectivity index (χ1) is 17.6. The Morgan fingerprint density at radius 2 is 1.68 bits per heavy atom. The van der Waals surface area contributed by atoms with E-state index in [2.05, 4.69) is 30.6 Å². The van der Waals surface area contributed by atoms with Gasteiger partial charge < -0.3 is 20.5 Å². The summed E-state index contributed by atoms with van der Waals surface area (Å²) in [7, 11) is 1.61. The summed E-state index contributed by atoms with van der Waals surface area (Å²) < 4.78 is 45.6. The summed E-state index contributed by atoms with van der Waals surface area (Å²) in [5, 5.41) is 7.53. The zero-order valence-corrected chi connectivity index (χ0v) is 20.6. The Balaban J connectivity index is 1.51. The molecular formula is C25H23F3N6O2S. The van der Waals surface area contributed by atoms with Crippen LogP contribution >= 0.6 is 12.2 Å². The third kappa shape index (κ3) is 8.93. The quantitative estimate of drug-likeness (QED) is 0.159. The minimum absolute atomic E-state index is 0.211. The Labute approximate surface area is 216 Å². The lowest BCUT2D eigenvalue weighted by atomic mass is 10.1. The molecule has 0 fully saturated rings. The van der Waals surface area contributed by atoms with Crippen LogP contribution in [0.15, 0.2) is 81.8 Å². The van der Waals surface area contributed by atoms with Crippen molar-refractivity contribution in [2.45, 2.75) is 13.3 Å². The van der Waals surface area contributed by atoms with E-state index in [4.69, 9.17) is 22.7 Å². The molecule has 0 amide bonds. The first kappa shape index (κ1) is 27.1. The summed E-state index contributed by atoms with van der Waals surface area (Å²) in [6, 6.07) is 17.7. The fourth-order valence-corrected chi connectivity index (χ4v) is 3.09. The van der Waals surface area contributed by atoms with Crippen LogP contribution in [0, 0.1) is 6.92 Å². The van der Waals surface area contributed by atoms with Gasteiger partial charge in [0.05, 0.1) is 19.0 Å². The summed E-state index contributed by atoms with van der Waals surface area (Å²) >= 11 is 5.27. The predicted octanol–water partition coefficient (Wildman–Crippen LogP) is 5.29. The maximum Gasteiger partial charge on any atom is 0.573 e. The Kier molecular flexibility index (Phi) is 9.16. The standard InChI is InChI=1S/C25H23F3N6O2S/c1-16-13-21(35-2)11-12-22(16)33-24(37)34-32-14-17-3-5-18(6-4-17)23(29)31-15-30-19-7-9-20(10-8-19)36-25(26,27)28/h3-15H,1-2H3,(H2,29,30,31)(H2,33,34,37). The Hall–Kier alpha value is -4.45. The number of thiocarbonyl (C=S) groups is 1. The zero-order chi connectivity index (χ0) is 26.8. The van der Waals surface area contributed by atoms with Gasteiger partial charge in [-0.25, -0.2) is 9.98 Å². The molecule has 0 saturated carbocycles. The van der Waals surface area contributed by atoms with Crippen molar-refractivity contribution < 1.29 is 22.6 Å². The molecule has 0 radical (unpaired) electrons. The lowest BCUT2D eigenvalue weighted by Gasteiger charge is -2.11. The number of halogens is 3. The smallest absolute Gasteiger partial charge is 0.497 e. The van der Waals surface area contributed by atoms with Crippen LogP contribution in [0.4, 0.5) is 24.5 Å². The third-order valence-corrected chi connectivity index (χ3v) is 4.94. The van der Waals surface area contributed by atoms with Gasteiger partial charge in [0.1, 0.15) is 23.7 Å². The molecule has 0 bridgehead atoms. The molecule has 0 atom stereocenters. The van der Waals surface area contributed by atoms with E-state index in [1.165, 1.54) is 18.5 Å². The highest BCUT2D eigenvalue weighted by Gasteiger charge is 2.30. The number of rotatable bonds is 8. The molecule has 3 aromatic rings. The van der Waals surface area contributed by atoms with Crippen LogP contribution in [-0.2, 0) is 0 Å². The van der Waals surface area contributed by atoms with Crippen molar-refractivity contribution in [3.8, 4) is 11.5 Å². The molecule has 4 N–H and O–H groups in total. The van der Waals surface area contributed by atoms with Gasteiger partial charge in [0.15, 0.2) is 5.11 Å². The number of benzene rings is 3. The predicted molar refractivity (Wildman–Crippen MR) is 143 cm³/mol. The van der Waals surface area contributed by atoms with Crippen LogP contribution in [0.2, 0.25) is 0 Å². The zero-order valence-electron chi connectivity index (χ0n) is 19.8. The van der Waals surface area contributed by atoms with Crippen LogP contribution in [0.25, 0.3) is 0 Å². The van der Waals surface area contributed by atoms with Gasteiger partial charge in [0.25, 0.3) is 0 Å². The number of amidine groups is 1. The highest BCUT2D eigenvalue weighted by molar-refractivity contribution is 7.80. The topological polar surface area (TPSA) is 106 Å². The number of nitrogens with one attached hydrogen (secondary N) is 2. The van der Waals surface area contributed by atoms with Crippen molar-refractivity contribution in [3.63, 3.8) is 0 Å².